The summed E-state index contributed by atoms with van der Waals surface area (Å²) in [5.41, 5.74) is 0. The van der Waals surface area contributed by atoms with Crippen molar-refractivity contribution in [1.82, 2.24) is 5.32 Å². The van der Waals surface area contributed by atoms with Crippen LogP contribution in [0.5, 0.6) is 0 Å². The van der Waals surface area contributed by atoms with E-state index in [2.05, 4.69) is 11.4 Å². The molecule has 1 N–H and O–H groups in total. The molecule has 0 radical (unpaired) electrons. The Morgan fingerprint density at radius 1 is 1.43 bits per heavy atom. The van der Waals surface area contributed by atoms with Gasteiger partial charge in [-0.15, -0.1) is 0 Å². The van der Waals surface area contributed by atoms with Crippen LogP contribution in [0.3, 0.4) is 0 Å². The normalized spacial score (nSPS) is 9.43. The van der Waals surface area contributed by atoms with E-state index >= 15 is 0 Å². The number of amides is 1. The molecule has 0 aromatic heterocycles. The molecule has 0 aliphatic carbocycles. The maximum absolute atomic E-state index is 11.1. The van der Waals surface area contributed by atoms with Crippen LogP contribution >= 0.6 is 0 Å². The zero-order valence-corrected chi connectivity index (χ0v) is 8.71. The average molecular weight is 198 g/mol. The maximum Gasteiger partial charge on any atom is 0.220 e. The molecular formula is C10H18N2O2. The van der Waals surface area contributed by atoms with Crippen LogP contribution in [-0.2, 0) is 9.53 Å². The molecule has 0 spiro atoms. The molecule has 14 heavy (non-hydrogen) atoms. The van der Waals surface area contributed by atoms with Gasteiger partial charge >= 0.3 is 0 Å². The number of carbonyl (C=O) groups excluding carboxylic acids is 1. The second-order valence-corrected chi connectivity index (χ2v) is 3.06. The van der Waals surface area contributed by atoms with Gasteiger partial charge in [0.05, 0.1) is 6.07 Å². The van der Waals surface area contributed by atoms with Gasteiger partial charge in [0.2, 0.25) is 5.91 Å². The predicted octanol–water partition coefficient (Wildman–Crippen LogP) is 1.22. The van der Waals surface area contributed by atoms with Gasteiger partial charge in [-0.05, 0) is 19.3 Å². The molecule has 0 aromatic carbocycles. The molecule has 0 rings (SSSR count). The van der Waals surface area contributed by atoms with Gasteiger partial charge in [-0.1, -0.05) is 0 Å². The van der Waals surface area contributed by atoms with Crippen LogP contribution in [-0.4, -0.2) is 26.2 Å². The highest BCUT2D eigenvalue weighted by Gasteiger charge is 1.99. The summed E-state index contributed by atoms with van der Waals surface area (Å²) in [4.78, 5) is 11.1. The maximum atomic E-state index is 11.1. The van der Waals surface area contributed by atoms with E-state index in [0.717, 1.165) is 19.3 Å². The van der Waals surface area contributed by atoms with Crippen LogP contribution in [0.1, 0.15) is 32.1 Å². The standard InChI is InChI=1S/C10H18N2O2/c1-14-9-5-6-10(13)12-8-4-2-3-7-11/h2-6,8-9H2,1H3,(H,12,13). The van der Waals surface area contributed by atoms with Gasteiger partial charge in [0.1, 0.15) is 0 Å². The first-order valence-corrected chi connectivity index (χ1v) is 4.94. The molecule has 0 fully saturated rings. The Kier molecular flexibility index (Phi) is 9.23. The summed E-state index contributed by atoms with van der Waals surface area (Å²) in [6, 6.07) is 2.07. The van der Waals surface area contributed by atoms with E-state index in [-0.39, 0.29) is 5.91 Å². The van der Waals surface area contributed by atoms with E-state index in [0.29, 0.717) is 26.0 Å². The minimum atomic E-state index is 0.0685. The first-order chi connectivity index (χ1) is 6.81. The van der Waals surface area contributed by atoms with Gasteiger partial charge in [0.25, 0.3) is 0 Å². The molecule has 0 atom stereocenters. The highest BCUT2D eigenvalue weighted by molar-refractivity contribution is 5.75. The molecule has 1 amide bonds. The van der Waals surface area contributed by atoms with E-state index in [1.165, 1.54) is 0 Å². The van der Waals surface area contributed by atoms with Gasteiger partial charge in [-0.25, -0.2) is 0 Å². The summed E-state index contributed by atoms with van der Waals surface area (Å²) in [6.07, 6.45) is 3.59. The largest absolute Gasteiger partial charge is 0.385 e. The fourth-order valence-electron chi connectivity index (χ4n) is 1.02. The van der Waals surface area contributed by atoms with Crippen LogP contribution in [0.15, 0.2) is 0 Å². The topological polar surface area (TPSA) is 62.1 Å². The van der Waals surface area contributed by atoms with Crippen LogP contribution in [0, 0.1) is 11.3 Å². The Morgan fingerprint density at radius 3 is 2.86 bits per heavy atom. The third-order valence-electron chi connectivity index (χ3n) is 1.79. The quantitative estimate of drug-likeness (QED) is 0.596. The lowest BCUT2D eigenvalue weighted by molar-refractivity contribution is -0.121. The Labute approximate surface area is 85.2 Å². The van der Waals surface area contributed by atoms with Crippen molar-refractivity contribution >= 4 is 5.91 Å². The first kappa shape index (κ1) is 12.9. The average Bonchev–Trinajstić information content (AvgIpc) is 2.18. The molecule has 0 saturated carbocycles. The number of hydrogen-bond donors (Lipinski definition) is 1. The first-order valence-electron chi connectivity index (χ1n) is 4.94. The fourth-order valence-corrected chi connectivity index (χ4v) is 1.02. The van der Waals surface area contributed by atoms with E-state index in [1.54, 1.807) is 7.11 Å². The van der Waals surface area contributed by atoms with Gasteiger partial charge in [0, 0.05) is 33.1 Å². The summed E-state index contributed by atoms with van der Waals surface area (Å²) in [6.45, 7) is 1.30. The van der Waals surface area contributed by atoms with Crippen molar-refractivity contribution in [2.24, 2.45) is 0 Å². The highest BCUT2D eigenvalue weighted by Crippen LogP contribution is 1.93. The fraction of sp³-hybridized carbons (Fsp3) is 0.800. The van der Waals surface area contributed by atoms with Crippen molar-refractivity contribution in [1.29, 1.82) is 5.26 Å². The summed E-state index contributed by atoms with van der Waals surface area (Å²) in [5.74, 6) is 0.0685. The Hall–Kier alpha value is -1.08. The molecule has 0 aliphatic rings. The number of unbranched alkanes of at least 4 members (excludes halogenated alkanes) is 2. The van der Waals surface area contributed by atoms with Crippen LogP contribution in [0.4, 0.5) is 0 Å². The van der Waals surface area contributed by atoms with Gasteiger partial charge in [-0.3, -0.25) is 4.79 Å². The van der Waals surface area contributed by atoms with Crippen molar-refractivity contribution < 1.29 is 9.53 Å². The van der Waals surface area contributed by atoms with Crippen molar-refractivity contribution in [2.45, 2.75) is 32.1 Å². The van der Waals surface area contributed by atoms with Gasteiger partial charge in [0.15, 0.2) is 0 Å². The molecule has 4 heteroatoms. The van der Waals surface area contributed by atoms with Crippen LogP contribution in [0.2, 0.25) is 0 Å². The lowest BCUT2D eigenvalue weighted by atomic mass is 10.2. The van der Waals surface area contributed by atoms with Gasteiger partial charge in [-0.2, -0.15) is 5.26 Å². The third kappa shape index (κ3) is 9.01. The van der Waals surface area contributed by atoms with E-state index in [9.17, 15) is 4.79 Å². The summed E-state index contributed by atoms with van der Waals surface area (Å²) in [5, 5.41) is 11.1. The van der Waals surface area contributed by atoms with Crippen LogP contribution < -0.4 is 5.32 Å². The monoisotopic (exact) mass is 198 g/mol. The zero-order chi connectivity index (χ0) is 10.6. The third-order valence-corrected chi connectivity index (χ3v) is 1.79. The summed E-state index contributed by atoms with van der Waals surface area (Å²) < 4.78 is 4.83. The predicted molar refractivity (Wildman–Crippen MR) is 53.6 cm³/mol. The number of carbonyl (C=O) groups is 1. The number of nitriles is 1. The molecular weight excluding hydrogens is 180 g/mol. The summed E-state index contributed by atoms with van der Waals surface area (Å²) in [7, 11) is 1.62. The number of methoxy groups -OCH3 is 1. The minimum Gasteiger partial charge on any atom is -0.385 e. The number of hydrogen-bond acceptors (Lipinski definition) is 3. The Balaban J connectivity index is 3.15. The van der Waals surface area contributed by atoms with Crippen molar-refractivity contribution in [3.05, 3.63) is 0 Å². The van der Waals surface area contributed by atoms with E-state index < -0.39 is 0 Å². The molecule has 80 valence electrons. The van der Waals surface area contributed by atoms with E-state index in [1.807, 2.05) is 0 Å². The van der Waals surface area contributed by atoms with Crippen molar-refractivity contribution in [2.75, 3.05) is 20.3 Å². The molecule has 0 heterocycles. The minimum absolute atomic E-state index is 0.0685. The molecule has 0 saturated heterocycles. The molecule has 0 aliphatic heterocycles. The second kappa shape index (κ2) is 10.0. The number of nitrogens with zero attached hydrogens (tertiary/aromatic N) is 1. The smallest absolute Gasteiger partial charge is 0.220 e. The number of rotatable bonds is 8. The molecule has 4 nitrogen and oxygen atoms in total. The Morgan fingerprint density at radius 2 is 2.21 bits per heavy atom. The highest BCUT2D eigenvalue weighted by atomic mass is 16.5. The van der Waals surface area contributed by atoms with Crippen molar-refractivity contribution in [3.8, 4) is 6.07 Å². The SMILES string of the molecule is COCCCC(=O)NCCCCC#N. The zero-order valence-electron chi connectivity index (χ0n) is 8.71. The van der Waals surface area contributed by atoms with Crippen molar-refractivity contribution in [3.63, 3.8) is 0 Å². The lowest BCUT2D eigenvalue weighted by Crippen LogP contribution is -2.24. The molecule has 0 bridgehead atoms. The van der Waals surface area contributed by atoms with E-state index in [4.69, 9.17) is 10.00 Å². The number of nitrogens with one attached hydrogen (secondary N) is 1. The Bertz CT molecular complexity index is 187. The second-order valence-electron chi connectivity index (χ2n) is 3.06. The molecule has 0 aromatic rings. The van der Waals surface area contributed by atoms with Gasteiger partial charge < -0.3 is 10.1 Å². The lowest BCUT2D eigenvalue weighted by Gasteiger charge is -2.03. The number of ether oxygens (including phenoxy) is 1. The molecule has 0 unspecified atom stereocenters. The van der Waals surface area contributed by atoms with Crippen LogP contribution in [0.25, 0.3) is 0 Å². The summed E-state index contributed by atoms with van der Waals surface area (Å²) >= 11 is 0.